The zero-order valence-electron chi connectivity index (χ0n) is 18.6. The Kier molecular flexibility index (Phi) is 8.68. The van der Waals surface area contributed by atoms with Crippen LogP contribution in [0, 0.1) is 5.82 Å². The van der Waals surface area contributed by atoms with Gasteiger partial charge in [-0.25, -0.2) is 9.18 Å². The summed E-state index contributed by atoms with van der Waals surface area (Å²) < 4.78 is 18.6. The molecule has 6 nitrogen and oxygen atoms in total. The first-order valence-electron chi connectivity index (χ1n) is 10.7. The molecule has 0 saturated heterocycles. The van der Waals surface area contributed by atoms with Crippen LogP contribution in [-0.2, 0) is 9.53 Å². The number of aliphatic imine (C=N–C) groups is 2. The summed E-state index contributed by atoms with van der Waals surface area (Å²) in [5.41, 5.74) is 1.62. The zero-order valence-corrected chi connectivity index (χ0v) is 18.6. The number of hydrogen-bond acceptors (Lipinski definition) is 6. The van der Waals surface area contributed by atoms with Crippen LogP contribution in [0.5, 0.6) is 11.5 Å². The first-order chi connectivity index (χ1) is 16.5. The number of phenolic OH excluding ortho intramolecular Hbond substituents is 2. The number of para-hydroxylation sites is 2. The minimum absolute atomic E-state index is 0.0513. The number of hydrogen-bond donors (Lipinski definition) is 2. The van der Waals surface area contributed by atoms with E-state index >= 15 is 0 Å². The van der Waals surface area contributed by atoms with Crippen LogP contribution in [0.1, 0.15) is 29.7 Å². The number of esters is 1. The predicted octanol–water partition coefficient (Wildman–Crippen LogP) is 5.00. The van der Waals surface area contributed by atoms with Gasteiger partial charge in [0.1, 0.15) is 23.4 Å². The number of benzene rings is 3. The summed E-state index contributed by atoms with van der Waals surface area (Å²) in [5, 5.41) is 20.2. The third-order valence-electron chi connectivity index (χ3n) is 4.88. The van der Waals surface area contributed by atoms with E-state index in [9.17, 15) is 19.4 Å². The normalized spacial score (nSPS) is 13.5. The Labute approximate surface area is 197 Å². The Morgan fingerprint density at radius 3 is 2.03 bits per heavy atom. The fourth-order valence-corrected chi connectivity index (χ4v) is 3.16. The Hall–Kier alpha value is -4.26. The number of carbonyl (C=O) groups excluding carboxylic acids is 1. The third-order valence-corrected chi connectivity index (χ3v) is 4.88. The van der Waals surface area contributed by atoms with Crippen molar-refractivity contribution in [2.75, 3.05) is 6.61 Å². The molecule has 7 heteroatoms. The van der Waals surface area contributed by atoms with Crippen LogP contribution in [0.4, 0.5) is 4.39 Å². The van der Waals surface area contributed by atoms with Gasteiger partial charge in [-0.1, -0.05) is 42.5 Å². The maximum Gasteiger partial charge on any atom is 0.330 e. The quantitative estimate of drug-likeness (QED) is 0.267. The first kappa shape index (κ1) is 24.4. The third kappa shape index (κ3) is 6.87. The lowest BCUT2D eigenvalue weighted by Crippen LogP contribution is -2.15. The van der Waals surface area contributed by atoms with Crippen LogP contribution in [0.15, 0.2) is 94.9 Å². The molecule has 0 aliphatic heterocycles. The van der Waals surface area contributed by atoms with Gasteiger partial charge >= 0.3 is 5.97 Å². The fourth-order valence-electron chi connectivity index (χ4n) is 3.16. The predicted molar refractivity (Wildman–Crippen MR) is 130 cm³/mol. The van der Waals surface area contributed by atoms with Crippen molar-refractivity contribution in [2.24, 2.45) is 9.98 Å². The van der Waals surface area contributed by atoms with E-state index < -0.39 is 23.9 Å². The maximum absolute atomic E-state index is 13.6. The Morgan fingerprint density at radius 2 is 1.47 bits per heavy atom. The topological polar surface area (TPSA) is 91.5 Å². The summed E-state index contributed by atoms with van der Waals surface area (Å²) in [6.45, 7) is 1.93. The fraction of sp³-hybridized carbons (Fsp3) is 0.148. The van der Waals surface area contributed by atoms with Gasteiger partial charge in [0.15, 0.2) is 0 Å². The highest BCUT2D eigenvalue weighted by Crippen LogP contribution is 2.27. The Morgan fingerprint density at radius 1 is 0.912 bits per heavy atom. The molecule has 0 aromatic heterocycles. The van der Waals surface area contributed by atoms with Crippen LogP contribution in [-0.4, -0.2) is 41.3 Å². The average molecular weight is 461 g/mol. The van der Waals surface area contributed by atoms with Gasteiger partial charge in [0.2, 0.25) is 0 Å². The second kappa shape index (κ2) is 12.1. The van der Waals surface area contributed by atoms with E-state index in [-0.39, 0.29) is 18.1 Å². The summed E-state index contributed by atoms with van der Waals surface area (Å²) in [6, 6.07) is 17.8. The van der Waals surface area contributed by atoms with Crippen molar-refractivity contribution in [1.82, 2.24) is 0 Å². The van der Waals surface area contributed by atoms with Crippen LogP contribution in [0.3, 0.4) is 0 Å². The molecule has 0 amide bonds. The standard InChI is InChI=1S/C27H25FN2O4/c1-2-34-26(33)16-15-23(29-17-20-7-3-5-9-24(20)31)27(19-11-13-22(28)14-12-19)30-18-21-8-4-6-10-25(21)32/h3-18,23,27,31-32H,2H2,1H3/b16-15+,29-17?,30-18?/t23-,27-/m0/s1. The lowest BCUT2D eigenvalue weighted by Gasteiger charge is -2.19. The Balaban J connectivity index is 2.05. The molecule has 0 aliphatic rings. The molecular weight excluding hydrogens is 435 g/mol. The average Bonchev–Trinajstić information content (AvgIpc) is 2.83. The lowest BCUT2D eigenvalue weighted by atomic mass is 9.99. The molecule has 0 saturated carbocycles. The van der Waals surface area contributed by atoms with Crippen LogP contribution >= 0.6 is 0 Å². The number of ether oxygens (including phenoxy) is 1. The zero-order chi connectivity index (χ0) is 24.3. The lowest BCUT2D eigenvalue weighted by molar-refractivity contribution is -0.137. The molecule has 0 spiro atoms. The van der Waals surface area contributed by atoms with Gasteiger partial charge < -0.3 is 14.9 Å². The van der Waals surface area contributed by atoms with Crippen molar-refractivity contribution >= 4 is 18.4 Å². The molecule has 0 radical (unpaired) electrons. The van der Waals surface area contributed by atoms with E-state index in [2.05, 4.69) is 9.98 Å². The molecule has 34 heavy (non-hydrogen) atoms. The van der Waals surface area contributed by atoms with Crippen molar-refractivity contribution in [3.8, 4) is 11.5 Å². The van der Waals surface area contributed by atoms with Crippen molar-refractivity contribution in [1.29, 1.82) is 0 Å². The minimum Gasteiger partial charge on any atom is -0.507 e. The highest BCUT2D eigenvalue weighted by molar-refractivity contribution is 5.85. The summed E-state index contributed by atoms with van der Waals surface area (Å²) in [5.74, 6) is -0.827. The highest BCUT2D eigenvalue weighted by atomic mass is 19.1. The van der Waals surface area contributed by atoms with Crippen molar-refractivity contribution in [3.63, 3.8) is 0 Å². The van der Waals surface area contributed by atoms with Gasteiger partial charge in [-0.05, 0) is 48.9 Å². The number of halogens is 1. The summed E-state index contributed by atoms with van der Waals surface area (Å²) in [6.07, 6.45) is 5.80. The van der Waals surface area contributed by atoms with Gasteiger partial charge in [0.25, 0.3) is 0 Å². The van der Waals surface area contributed by atoms with Crippen LogP contribution in [0.25, 0.3) is 0 Å². The monoisotopic (exact) mass is 460 g/mol. The molecule has 174 valence electrons. The van der Waals surface area contributed by atoms with E-state index in [0.717, 1.165) is 0 Å². The number of phenols is 2. The second-order valence-electron chi connectivity index (χ2n) is 7.27. The molecule has 0 fully saturated rings. The van der Waals surface area contributed by atoms with E-state index in [0.29, 0.717) is 16.7 Å². The molecule has 0 unspecified atom stereocenters. The second-order valence-corrected chi connectivity index (χ2v) is 7.27. The Bertz CT molecular complexity index is 1190. The van der Waals surface area contributed by atoms with Crippen LogP contribution in [0.2, 0.25) is 0 Å². The number of aromatic hydroxyl groups is 2. The highest BCUT2D eigenvalue weighted by Gasteiger charge is 2.20. The SMILES string of the molecule is CCOC(=O)/C=C/[C@H](N=Cc1ccccc1O)[C@@H](N=Cc1ccccc1O)c1ccc(F)cc1. The number of nitrogens with zero attached hydrogens (tertiary/aromatic N) is 2. The summed E-state index contributed by atoms with van der Waals surface area (Å²) >= 11 is 0. The summed E-state index contributed by atoms with van der Waals surface area (Å²) in [4.78, 5) is 21.2. The molecular formula is C27H25FN2O4. The van der Waals surface area contributed by atoms with Gasteiger partial charge in [-0.2, -0.15) is 0 Å². The molecule has 3 aromatic rings. The minimum atomic E-state index is -0.712. The number of carbonyl (C=O) groups is 1. The molecule has 0 heterocycles. The van der Waals surface area contributed by atoms with E-state index in [4.69, 9.17) is 4.74 Å². The van der Waals surface area contributed by atoms with E-state index in [1.807, 2.05) is 0 Å². The van der Waals surface area contributed by atoms with Gasteiger partial charge in [-0.15, -0.1) is 0 Å². The van der Waals surface area contributed by atoms with Crippen molar-refractivity contribution in [3.05, 3.63) is 107 Å². The molecule has 2 N–H and O–H groups in total. The van der Waals surface area contributed by atoms with Gasteiger partial charge in [-0.3, -0.25) is 9.98 Å². The number of rotatable bonds is 9. The largest absolute Gasteiger partial charge is 0.507 e. The molecule has 0 aliphatic carbocycles. The molecule has 3 aromatic carbocycles. The maximum atomic E-state index is 13.6. The summed E-state index contributed by atoms with van der Waals surface area (Å²) in [7, 11) is 0. The smallest absolute Gasteiger partial charge is 0.330 e. The van der Waals surface area contributed by atoms with E-state index in [1.165, 1.54) is 30.6 Å². The van der Waals surface area contributed by atoms with Gasteiger partial charge in [0.05, 0.1) is 12.6 Å². The van der Waals surface area contributed by atoms with Crippen molar-refractivity contribution < 1.29 is 24.1 Å². The molecule has 3 rings (SSSR count). The molecule has 0 bridgehead atoms. The first-order valence-corrected chi connectivity index (χ1v) is 10.7. The van der Waals surface area contributed by atoms with E-state index in [1.54, 1.807) is 73.7 Å². The van der Waals surface area contributed by atoms with Crippen molar-refractivity contribution in [2.45, 2.75) is 19.0 Å². The van der Waals surface area contributed by atoms with Crippen LogP contribution < -0.4 is 0 Å². The van der Waals surface area contributed by atoms with Gasteiger partial charge in [0, 0.05) is 29.6 Å². The molecule has 2 atom stereocenters.